The van der Waals surface area contributed by atoms with Crippen molar-refractivity contribution in [3.05, 3.63) is 23.4 Å². The first-order valence-electron chi connectivity index (χ1n) is 3.09. The lowest BCUT2D eigenvalue weighted by Gasteiger charge is -2.01. The lowest BCUT2D eigenvalue weighted by atomic mass is 10.3. The Hall–Kier alpha value is -0.750. The van der Waals surface area contributed by atoms with Crippen LogP contribution in [-0.2, 0) is 9.05 Å². The molecule has 0 aliphatic heterocycles. The molecule has 1 aromatic rings. The van der Waals surface area contributed by atoms with Crippen LogP contribution in [0.15, 0.2) is 11.2 Å². The van der Waals surface area contributed by atoms with Gasteiger partial charge in [-0.05, 0) is 6.92 Å². The van der Waals surface area contributed by atoms with E-state index in [0.29, 0.717) is 6.20 Å². The van der Waals surface area contributed by atoms with E-state index < -0.39 is 31.3 Å². The average molecular weight is 228 g/mol. The summed E-state index contributed by atoms with van der Waals surface area (Å²) in [5.74, 6) is -2.17. The van der Waals surface area contributed by atoms with Crippen molar-refractivity contribution in [3.8, 4) is 0 Å². The zero-order valence-electron chi connectivity index (χ0n) is 6.38. The summed E-state index contributed by atoms with van der Waals surface area (Å²) in [7, 11) is 0.582. The zero-order valence-corrected chi connectivity index (χ0v) is 7.96. The summed E-state index contributed by atoms with van der Waals surface area (Å²) in [6, 6.07) is 0. The molecule has 0 aliphatic rings. The number of hydrogen-bond donors (Lipinski definition) is 0. The molecule has 0 atom stereocenters. The molecule has 3 nitrogen and oxygen atoms in total. The third-order valence-corrected chi connectivity index (χ3v) is 2.59. The molecule has 0 saturated heterocycles. The van der Waals surface area contributed by atoms with Crippen molar-refractivity contribution < 1.29 is 17.2 Å². The topological polar surface area (TPSA) is 47.0 Å². The number of rotatable bonds is 1. The van der Waals surface area contributed by atoms with E-state index in [0.717, 1.165) is 6.92 Å². The molecule has 0 bridgehead atoms. The quantitative estimate of drug-likeness (QED) is 0.685. The molecule has 0 radical (unpaired) electrons. The smallest absolute Gasteiger partial charge is 0.238 e. The van der Waals surface area contributed by atoms with Gasteiger partial charge in [0.2, 0.25) is 5.03 Å². The molecule has 0 N–H and O–H groups in total. The number of pyridine rings is 1. The van der Waals surface area contributed by atoms with E-state index >= 15 is 0 Å². The normalized spacial score (nSPS) is 11.7. The Bertz CT molecular complexity index is 446. The fourth-order valence-electron chi connectivity index (χ4n) is 0.704. The minimum Gasteiger partial charge on any atom is -0.238 e. The van der Waals surface area contributed by atoms with Crippen molar-refractivity contribution >= 4 is 19.7 Å². The Morgan fingerprint density at radius 2 is 2.00 bits per heavy atom. The molecule has 0 amide bonds. The van der Waals surface area contributed by atoms with Gasteiger partial charge in [-0.2, -0.15) is 0 Å². The summed E-state index contributed by atoms with van der Waals surface area (Å²) in [5.41, 5.74) is -0.422. The van der Waals surface area contributed by atoms with E-state index in [1.807, 2.05) is 0 Å². The molecule has 1 heterocycles. The monoisotopic (exact) mass is 227 g/mol. The van der Waals surface area contributed by atoms with Crippen molar-refractivity contribution in [2.24, 2.45) is 0 Å². The van der Waals surface area contributed by atoms with Crippen LogP contribution in [-0.4, -0.2) is 13.4 Å². The van der Waals surface area contributed by atoms with Crippen molar-refractivity contribution in [2.45, 2.75) is 11.9 Å². The summed E-state index contributed by atoms with van der Waals surface area (Å²) >= 11 is 0. The Morgan fingerprint density at radius 3 is 2.46 bits per heavy atom. The van der Waals surface area contributed by atoms with Gasteiger partial charge in [0.1, 0.15) is 5.82 Å². The van der Waals surface area contributed by atoms with Crippen LogP contribution in [0.3, 0.4) is 0 Å². The molecule has 1 aromatic heterocycles. The highest BCUT2D eigenvalue weighted by Crippen LogP contribution is 2.20. The van der Waals surface area contributed by atoms with Crippen LogP contribution in [0.4, 0.5) is 8.78 Å². The third kappa shape index (κ3) is 1.94. The molecule has 13 heavy (non-hydrogen) atoms. The first-order chi connectivity index (χ1) is 5.84. The summed E-state index contributed by atoms with van der Waals surface area (Å²) < 4.78 is 46.9. The average Bonchev–Trinajstić information content (AvgIpc) is 1.98. The molecular formula is C6H4ClF2NO2S. The molecule has 0 aromatic carbocycles. The van der Waals surface area contributed by atoms with E-state index in [1.165, 1.54) is 0 Å². The molecule has 0 aliphatic carbocycles. The van der Waals surface area contributed by atoms with E-state index in [9.17, 15) is 17.2 Å². The highest BCUT2D eigenvalue weighted by atomic mass is 35.7. The second kappa shape index (κ2) is 3.19. The highest BCUT2D eigenvalue weighted by molar-refractivity contribution is 8.13. The van der Waals surface area contributed by atoms with Crippen molar-refractivity contribution in [3.63, 3.8) is 0 Å². The largest absolute Gasteiger partial charge is 0.281 e. The minimum absolute atomic E-state index is 0.422. The second-order valence-corrected chi connectivity index (χ2v) is 4.77. The maximum Gasteiger partial charge on any atom is 0.281 e. The minimum atomic E-state index is -4.25. The number of hydrogen-bond acceptors (Lipinski definition) is 3. The van der Waals surface area contributed by atoms with Gasteiger partial charge < -0.3 is 0 Å². The predicted molar refractivity (Wildman–Crippen MR) is 41.9 cm³/mol. The molecule has 72 valence electrons. The fraction of sp³-hybridized carbons (Fsp3) is 0.167. The molecular weight excluding hydrogens is 224 g/mol. The first kappa shape index (κ1) is 10.3. The summed E-state index contributed by atoms with van der Waals surface area (Å²) in [6.45, 7) is 1.10. The summed E-state index contributed by atoms with van der Waals surface area (Å²) in [4.78, 5) is 3.04. The highest BCUT2D eigenvalue weighted by Gasteiger charge is 2.21. The second-order valence-electron chi connectivity index (χ2n) is 2.29. The van der Waals surface area contributed by atoms with Gasteiger partial charge in [-0.15, -0.1) is 0 Å². The third-order valence-electron chi connectivity index (χ3n) is 1.40. The Balaban J connectivity index is 3.53. The maximum atomic E-state index is 13.0. The first-order valence-corrected chi connectivity index (χ1v) is 5.40. The SMILES string of the molecule is Cc1c(F)cnc(S(=O)(=O)Cl)c1F. The van der Waals surface area contributed by atoms with Crippen molar-refractivity contribution in [1.82, 2.24) is 4.98 Å². The summed E-state index contributed by atoms with van der Waals surface area (Å²) in [6.07, 6.45) is 0.605. The van der Waals surface area contributed by atoms with E-state index in [1.54, 1.807) is 0 Å². The fourth-order valence-corrected chi connectivity index (χ4v) is 1.57. The molecule has 0 fully saturated rings. The summed E-state index contributed by atoms with van der Waals surface area (Å²) in [5, 5.41) is -0.951. The van der Waals surface area contributed by atoms with Gasteiger partial charge in [-0.1, -0.05) is 0 Å². The van der Waals surface area contributed by atoms with Crippen LogP contribution in [0.2, 0.25) is 0 Å². The van der Waals surface area contributed by atoms with E-state index in [2.05, 4.69) is 4.98 Å². The van der Waals surface area contributed by atoms with Crippen LogP contribution in [0.1, 0.15) is 5.56 Å². The van der Waals surface area contributed by atoms with Gasteiger partial charge in [-0.3, -0.25) is 0 Å². The van der Waals surface area contributed by atoms with E-state index in [4.69, 9.17) is 10.7 Å². The van der Waals surface area contributed by atoms with Crippen LogP contribution in [0.25, 0.3) is 0 Å². The standard InChI is InChI=1S/C6H4ClF2NO2S/c1-3-4(8)2-10-6(5(3)9)13(7,11)12/h2H,1H3. The van der Waals surface area contributed by atoms with Crippen molar-refractivity contribution in [2.75, 3.05) is 0 Å². The zero-order chi connectivity index (χ0) is 10.2. The molecule has 0 unspecified atom stereocenters. The Kier molecular flexibility index (Phi) is 2.53. The lowest BCUT2D eigenvalue weighted by molar-refractivity contribution is 0.523. The van der Waals surface area contributed by atoms with Crippen molar-refractivity contribution in [1.29, 1.82) is 0 Å². The molecule has 0 spiro atoms. The van der Waals surface area contributed by atoms with Gasteiger partial charge in [0.25, 0.3) is 9.05 Å². The molecule has 7 heteroatoms. The van der Waals surface area contributed by atoms with Gasteiger partial charge >= 0.3 is 0 Å². The van der Waals surface area contributed by atoms with Gasteiger partial charge in [-0.25, -0.2) is 22.2 Å². The van der Waals surface area contributed by atoms with Gasteiger partial charge in [0, 0.05) is 16.2 Å². The molecule has 1 rings (SSSR count). The van der Waals surface area contributed by atoms with Gasteiger partial charge in [0.15, 0.2) is 5.82 Å². The van der Waals surface area contributed by atoms with E-state index in [-0.39, 0.29) is 0 Å². The lowest BCUT2D eigenvalue weighted by Crippen LogP contribution is -2.03. The van der Waals surface area contributed by atoms with Crippen LogP contribution < -0.4 is 0 Å². The Morgan fingerprint density at radius 1 is 1.46 bits per heavy atom. The number of nitrogens with zero attached hydrogens (tertiary/aromatic N) is 1. The Labute approximate surface area is 77.8 Å². The van der Waals surface area contributed by atoms with Crippen LogP contribution >= 0.6 is 10.7 Å². The number of aromatic nitrogens is 1. The predicted octanol–water partition coefficient (Wildman–Crippen LogP) is 1.60. The maximum absolute atomic E-state index is 13.0. The van der Waals surface area contributed by atoms with Crippen LogP contribution in [0.5, 0.6) is 0 Å². The number of halogens is 3. The molecule has 0 saturated carbocycles. The van der Waals surface area contributed by atoms with Gasteiger partial charge in [0.05, 0.1) is 6.20 Å². The van der Waals surface area contributed by atoms with Crippen LogP contribution in [0, 0.1) is 18.6 Å².